The summed E-state index contributed by atoms with van der Waals surface area (Å²) < 4.78 is 2.12. The van der Waals surface area contributed by atoms with Crippen LogP contribution in [0.2, 0.25) is 0 Å². The molecule has 106 valence electrons. The Morgan fingerprint density at radius 1 is 1.30 bits per heavy atom. The molecule has 0 bridgehead atoms. The minimum absolute atomic E-state index is 1.04. The minimum Gasteiger partial charge on any atom is -0.369 e. The molecule has 2 aromatic rings. The lowest BCUT2D eigenvalue weighted by molar-refractivity contribution is 0.743. The molecule has 0 radical (unpaired) electrons. The van der Waals surface area contributed by atoms with E-state index >= 15 is 0 Å². The zero-order chi connectivity index (χ0) is 14.1. The lowest BCUT2D eigenvalue weighted by atomic mass is 10.1. The van der Waals surface area contributed by atoms with E-state index in [2.05, 4.69) is 49.0 Å². The molecule has 3 nitrogen and oxygen atoms in total. The molecular formula is C17H23N3. The van der Waals surface area contributed by atoms with Gasteiger partial charge in [0, 0.05) is 12.1 Å². The molecule has 0 saturated heterocycles. The van der Waals surface area contributed by atoms with Crippen LogP contribution in [0.15, 0.2) is 18.2 Å². The molecule has 1 aromatic carbocycles. The van der Waals surface area contributed by atoms with E-state index in [4.69, 9.17) is 5.10 Å². The Morgan fingerprint density at radius 3 is 2.95 bits per heavy atom. The molecule has 1 aliphatic heterocycles. The second-order valence-electron chi connectivity index (χ2n) is 5.69. The zero-order valence-corrected chi connectivity index (χ0v) is 12.7. The van der Waals surface area contributed by atoms with Crippen molar-refractivity contribution in [1.82, 2.24) is 9.78 Å². The van der Waals surface area contributed by atoms with Gasteiger partial charge in [-0.15, -0.1) is 0 Å². The summed E-state index contributed by atoms with van der Waals surface area (Å²) in [6.07, 6.45) is 4.65. The van der Waals surface area contributed by atoms with Crippen LogP contribution in [0, 0.1) is 13.8 Å². The van der Waals surface area contributed by atoms with Crippen LogP contribution in [0.1, 0.15) is 42.1 Å². The van der Waals surface area contributed by atoms with E-state index in [1.165, 1.54) is 46.7 Å². The molecule has 0 fully saturated rings. The zero-order valence-electron chi connectivity index (χ0n) is 12.7. The minimum atomic E-state index is 1.04. The highest BCUT2D eigenvalue weighted by atomic mass is 15.3. The Bertz CT molecular complexity index is 625. The Balaban J connectivity index is 2.08. The van der Waals surface area contributed by atoms with Crippen molar-refractivity contribution in [2.24, 2.45) is 0 Å². The second kappa shape index (κ2) is 5.31. The molecular weight excluding hydrogens is 246 g/mol. The number of aromatic nitrogens is 2. The summed E-state index contributed by atoms with van der Waals surface area (Å²) in [6, 6.07) is 6.44. The van der Waals surface area contributed by atoms with Crippen LogP contribution < -0.4 is 5.32 Å². The lowest BCUT2D eigenvalue weighted by Crippen LogP contribution is -2.06. The van der Waals surface area contributed by atoms with Crippen molar-refractivity contribution in [3.63, 3.8) is 0 Å². The molecule has 1 aromatic heterocycles. The fraction of sp³-hybridized carbons (Fsp3) is 0.471. The molecule has 20 heavy (non-hydrogen) atoms. The van der Waals surface area contributed by atoms with Crippen molar-refractivity contribution in [3.05, 3.63) is 40.6 Å². The largest absolute Gasteiger partial charge is 0.369 e. The topological polar surface area (TPSA) is 29.9 Å². The number of benzene rings is 1. The van der Waals surface area contributed by atoms with Crippen molar-refractivity contribution < 1.29 is 0 Å². The molecule has 0 spiro atoms. The standard InChI is InChI=1S/C17H23N3/c1-4-5-8-15-14-10-11-18-17(14)20(19-15)16-9-6-7-12(2)13(16)3/h6-7,9,18H,4-5,8,10-11H2,1-3H3. The van der Waals surface area contributed by atoms with Crippen LogP contribution >= 0.6 is 0 Å². The Kier molecular flexibility index (Phi) is 3.51. The molecule has 1 N–H and O–H groups in total. The van der Waals surface area contributed by atoms with Gasteiger partial charge in [-0.2, -0.15) is 5.10 Å². The van der Waals surface area contributed by atoms with Gasteiger partial charge in [0.05, 0.1) is 11.4 Å². The number of hydrogen-bond donors (Lipinski definition) is 1. The number of aryl methyl sites for hydroxylation is 2. The predicted molar refractivity (Wildman–Crippen MR) is 83.8 cm³/mol. The first kappa shape index (κ1) is 13.2. The summed E-state index contributed by atoms with van der Waals surface area (Å²) in [6.45, 7) is 7.62. The van der Waals surface area contributed by atoms with Crippen LogP contribution in [0.3, 0.4) is 0 Å². The van der Waals surface area contributed by atoms with Gasteiger partial charge >= 0.3 is 0 Å². The first-order chi connectivity index (χ1) is 9.72. The molecule has 0 amide bonds. The van der Waals surface area contributed by atoms with Crippen LogP contribution in [0.25, 0.3) is 5.69 Å². The maximum atomic E-state index is 4.90. The number of fused-ring (bicyclic) bond motifs is 1. The third-order valence-electron chi connectivity index (χ3n) is 4.31. The van der Waals surface area contributed by atoms with Gasteiger partial charge in [-0.25, -0.2) is 4.68 Å². The van der Waals surface area contributed by atoms with Gasteiger partial charge in [0.2, 0.25) is 0 Å². The van der Waals surface area contributed by atoms with Crippen molar-refractivity contribution in [3.8, 4) is 5.69 Å². The highest BCUT2D eigenvalue weighted by Gasteiger charge is 2.23. The number of nitrogens with one attached hydrogen (secondary N) is 1. The monoisotopic (exact) mass is 269 g/mol. The number of hydrogen-bond acceptors (Lipinski definition) is 2. The summed E-state index contributed by atoms with van der Waals surface area (Å²) in [4.78, 5) is 0. The fourth-order valence-electron chi connectivity index (χ4n) is 2.93. The van der Waals surface area contributed by atoms with E-state index in [-0.39, 0.29) is 0 Å². The normalized spacial score (nSPS) is 13.3. The SMILES string of the molecule is CCCCc1nn(-c2cccc(C)c2C)c2c1CCN2. The predicted octanol–water partition coefficient (Wildman–Crippen LogP) is 3.80. The van der Waals surface area contributed by atoms with Gasteiger partial charge in [-0.3, -0.25) is 0 Å². The smallest absolute Gasteiger partial charge is 0.133 e. The Morgan fingerprint density at radius 2 is 2.15 bits per heavy atom. The maximum Gasteiger partial charge on any atom is 0.133 e. The van der Waals surface area contributed by atoms with Gasteiger partial charge in [0.15, 0.2) is 0 Å². The van der Waals surface area contributed by atoms with E-state index in [1.807, 2.05) is 0 Å². The summed E-state index contributed by atoms with van der Waals surface area (Å²) >= 11 is 0. The molecule has 3 rings (SSSR count). The Labute approximate surface area is 121 Å². The molecule has 3 heteroatoms. The maximum absolute atomic E-state index is 4.90. The van der Waals surface area contributed by atoms with Gasteiger partial charge < -0.3 is 5.32 Å². The Hall–Kier alpha value is -1.77. The van der Waals surface area contributed by atoms with E-state index in [9.17, 15) is 0 Å². The summed E-state index contributed by atoms with van der Waals surface area (Å²) in [5, 5.41) is 8.41. The molecule has 0 atom stereocenters. The number of rotatable bonds is 4. The van der Waals surface area contributed by atoms with Crippen LogP contribution in [-0.4, -0.2) is 16.3 Å². The van der Waals surface area contributed by atoms with Crippen molar-refractivity contribution in [2.45, 2.75) is 46.5 Å². The van der Waals surface area contributed by atoms with Crippen molar-refractivity contribution >= 4 is 5.82 Å². The van der Waals surface area contributed by atoms with E-state index in [0.717, 1.165) is 19.4 Å². The number of unbranched alkanes of at least 4 members (excludes halogenated alkanes) is 1. The molecule has 0 unspecified atom stereocenters. The quantitative estimate of drug-likeness (QED) is 0.915. The van der Waals surface area contributed by atoms with Gasteiger partial charge in [0.25, 0.3) is 0 Å². The second-order valence-corrected chi connectivity index (χ2v) is 5.69. The van der Waals surface area contributed by atoms with Crippen molar-refractivity contribution in [2.75, 3.05) is 11.9 Å². The molecule has 0 saturated carbocycles. The third kappa shape index (κ3) is 2.11. The fourth-order valence-corrected chi connectivity index (χ4v) is 2.93. The number of anilines is 1. The number of nitrogens with zero attached hydrogens (tertiary/aromatic N) is 2. The average Bonchev–Trinajstić information content (AvgIpc) is 3.02. The lowest BCUT2D eigenvalue weighted by Gasteiger charge is -2.11. The first-order valence-electron chi connectivity index (χ1n) is 7.63. The highest BCUT2D eigenvalue weighted by Crippen LogP contribution is 2.31. The van der Waals surface area contributed by atoms with E-state index in [1.54, 1.807) is 0 Å². The highest BCUT2D eigenvalue weighted by molar-refractivity contribution is 5.59. The van der Waals surface area contributed by atoms with Crippen LogP contribution in [0.4, 0.5) is 5.82 Å². The van der Waals surface area contributed by atoms with Gasteiger partial charge in [-0.05, 0) is 50.3 Å². The summed E-state index contributed by atoms with van der Waals surface area (Å²) in [5.74, 6) is 1.21. The van der Waals surface area contributed by atoms with E-state index < -0.39 is 0 Å². The van der Waals surface area contributed by atoms with Crippen molar-refractivity contribution in [1.29, 1.82) is 0 Å². The van der Waals surface area contributed by atoms with Crippen LogP contribution in [0.5, 0.6) is 0 Å². The van der Waals surface area contributed by atoms with Gasteiger partial charge in [-0.1, -0.05) is 25.5 Å². The van der Waals surface area contributed by atoms with Crippen LogP contribution in [-0.2, 0) is 12.8 Å². The van der Waals surface area contributed by atoms with E-state index in [0.29, 0.717) is 0 Å². The first-order valence-corrected chi connectivity index (χ1v) is 7.63. The summed E-state index contributed by atoms with van der Waals surface area (Å²) in [7, 11) is 0. The van der Waals surface area contributed by atoms with Gasteiger partial charge in [0.1, 0.15) is 5.82 Å². The molecule has 1 aliphatic rings. The summed E-state index contributed by atoms with van der Waals surface area (Å²) in [5.41, 5.74) is 6.55. The molecule has 2 heterocycles. The average molecular weight is 269 g/mol. The molecule has 0 aliphatic carbocycles. The third-order valence-corrected chi connectivity index (χ3v) is 4.31.